The zero-order valence-corrected chi connectivity index (χ0v) is 13.0. The average molecular weight is 314 g/mol. The quantitative estimate of drug-likeness (QED) is 0.801. The minimum atomic E-state index is -1.02. The smallest absolute Gasteiger partial charge is 0.323 e. The van der Waals surface area contributed by atoms with E-state index in [0.29, 0.717) is 35.9 Å². The Balaban J connectivity index is 2.90. The van der Waals surface area contributed by atoms with Gasteiger partial charge in [0, 0.05) is 12.1 Å². The van der Waals surface area contributed by atoms with E-state index in [1.165, 1.54) is 4.90 Å². The fraction of sp³-hybridized carbons (Fsp3) is 0.467. The van der Waals surface area contributed by atoms with Crippen molar-refractivity contribution in [3.63, 3.8) is 0 Å². The Hall–Kier alpha value is -1.75. The van der Waals surface area contributed by atoms with Gasteiger partial charge in [-0.25, -0.2) is 0 Å². The molecule has 1 rings (SSSR count). The van der Waals surface area contributed by atoms with Crippen LogP contribution in [0, 0.1) is 0 Å². The van der Waals surface area contributed by atoms with Crippen molar-refractivity contribution in [2.45, 2.75) is 26.7 Å². The molecule has 0 aliphatic heterocycles. The van der Waals surface area contributed by atoms with Gasteiger partial charge < -0.3 is 14.7 Å². The number of amides is 1. The SMILES string of the molecule is CCCN(CC(=O)O)C(=O)Cc1cccc(Cl)c1OCC. The van der Waals surface area contributed by atoms with E-state index >= 15 is 0 Å². The fourth-order valence-corrected chi connectivity index (χ4v) is 2.25. The molecule has 116 valence electrons. The van der Waals surface area contributed by atoms with Gasteiger partial charge in [-0.15, -0.1) is 0 Å². The van der Waals surface area contributed by atoms with Crippen molar-refractivity contribution in [1.82, 2.24) is 4.90 Å². The molecule has 0 fully saturated rings. The molecule has 0 aromatic heterocycles. The lowest BCUT2D eigenvalue weighted by Crippen LogP contribution is -2.37. The first-order valence-corrected chi connectivity index (χ1v) is 7.27. The van der Waals surface area contributed by atoms with Gasteiger partial charge in [0.15, 0.2) is 0 Å². The third-order valence-corrected chi connectivity index (χ3v) is 3.15. The number of carboxylic acids is 1. The van der Waals surface area contributed by atoms with Crippen LogP contribution in [0.5, 0.6) is 5.75 Å². The highest BCUT2D eigenvalue weighted by molar-refractivity contribution is 6.32. The molecular formula is C15H20ClNO4. The summed E-state index contributed by atoms with van der Waals surface area (Å²) in [4.78, 5) is 24.4. The average Bonchev–Trinajstić information content (AvgIpc) is 2.41. The Morgan fingerprint density at radius 1 is 1.33 bits per heavy atom. The number of aliphatic carboxylic acids is 1. The molecule has 6 heteroatoms. The fourth-order valence-electron chi connectivity index (χ4n) is 2.00. The molecule has 0 aliphatic carbocycles. The van der Waals surface area contributed by atoms with Gasteiger partial charge in [0.25, 0.3) is 0 Å². The second-order valence-electron chi connectivity index (χ2n) is 4.55. The van der Waals surface area contributed by atoms with E-state index in [2.05, 4.69) is 0 Å². The van der Waals surface area contributed by atoms with Crippen LogP contribution in [-0.4, -0.2) is 41.6 Å². The third-order valence-electron chi connectivity index (χ3n) is 2.85. The Kier molecular flexibility index (Phi) is 7.02. The molecule has 1 amide bonds. The van der Waals surface area contributed by atoms with Gasteiger partial charge in [0.1, 0.15) is 12.3 Å². The van der Waals surface area contributed by atoms with Crippen molar-refractivity contribution >= 4 is 23.5 Å². The number of benzene rings is 1. The summed E-state index contributed by atoms with van der Waals surface area (Å²) in [5, 5.41) is 9.32. The molecule has 5 nitrogen and oxygen atoms in total. The van der Waals surface area contributed by atoms with Gasteiger partial charge >= 0.3 is 5.97 Å². The van der Waals surface area contributed by atoms with E-state index in [0.717, 1.165) is 0 Å². The number of nitrogens with zero attached hydrogens (tertiary/aromatic N) is 1. The summed E-state index contributed by atoms with van der Waals surface area (Å²) in [5.41, 5.74) is 0.667. The molecule has 0 atom stereocenters. The maximum atomic E-state index is 12.3. The first-order valence-electron chi connectivity index (χ1n) is 6.89. The van der Waals surface area contributed by atoms with Crippen molar-refractivity contribution in [1.29, 1.82) is 0 Å². The monoisotopic (exact) mass is 313 g/mol. The second-order valence-corrected chi connectivity index (χ2v) is 4.95. The summed E-state index contributed by atoms with van der Waals surface area (Å²) in [6.07, 6.45) is 0.774. The van der Waals surface area contributed by atoms with Crippen molar-refractivity contribution in [2.24, 2.45) is 0 Å². The number of halogens is 1. The number of carboxylic acid groups (broad SMARTS) is 1. The van der Waals surface area contributed by atoms with Gasteiger partial charge in [0.2, 0.25) is 5.91 Å². The number of ether oxygens (including phenoxy) is 1. The standard InChI is InChI=1S/C15H20ClNO4/c1-3-8-17(10-14(19)20)13(18)9-11-6-5-7-12(16)15(11)21-4-2/h5-7H,3-4,8-10H2,1-2H3,(H,19,20). The molecule has 0 saturated heterocycles. The number of rotatable bonds is 8. The molecule has 0 radical (unpaired) electrons. The van der Waals surface area contributed by atoms with E-state index in [1.807, 2.05) is 13.8 Å². The maximum absolute atomic E-state index is 12.3. The Labute approximate surface area is 129 Å². The Bertz CT molecular complexity index is 504. The van der Waals surface area contributed by atoms with Crippen LogP contribution in [0.1, 0.15) is 25.8 Å². The topological polar surface area (TPSA) is 66.8 Å². The van der Waals surface area contributed by atoms with Gasteiger partial charge in [-0.05, 0) is 19.4 Å². The molecule has 0 heterocycles. The summed E-state index contributed by atoms with van der Waals surface area (Å²) in [7, 11) is 0. The van der Waals surface area contributed by atoms with Gasteiger partial charge in [0.05, 0.1) is 18.1 Å². The number of hydrogen-bond donors (Lipinski definition) is 1. The molecule has 1 aromatic rings. The van der Waals surface area contributed by atoms with Crippen LogP contribution in [0.4, 0.5) is 0 Å². The Morgan fingerprint density at radius 2 is 2.05 bits per heavy atom. The summed E-state index contributed by atoms with van der Waals surface area (Å²) >= 11 is 6.07. The van der Waals surface area contributed by atoms with E-state index in [4.69, 9.17) is 21.4 Å². The number of carbonyl (C=O) groups excluding carboxylic acids is 1. The highest BCUT2D eigenvalue weighted by atomic mass is 35.5. The molecule has 0 bridgehead atoms. The molecular weight excluding hydrogens is 294 g/mol. The summed E-state index contributed by atoms with van der Waals surface area (Å²) in [6, 6.07) is 5.20. The van der Waals surface area contributed by atoms with Crippen LogP contribution in [0.25, 0.3) is 0 Å². The van der Waals surface area contributed by atoms with Gasteiger partial charge in [-0.2, -0.15) is 0 Å². The lowest BCUT2D eigenvalue weighted by Gasteiger charge is -2.21. The normalized spacial score (nSPS) is 10.2. The zero-order valence-electron chi connectivity index (χ0n) is 12.3. The number of hydrogen-bond acceptors (Lipinski definition) is 3. The molecule has 0 unspecified atom stereocenters. The van der Waals surface area contributed by atoms with Crippen molar-refractivity contribution in [2.75, 3.05) is 19.7 Å². The van der Waals surface area contributed by atoms with Crippen LogP contribution in [0.15, 0.2) is 18.2 Å². The van der Waals surface area contributed by atoms with E-state index < -0.39 is 5.97 Å². The minimum Gasteiger partial charge on any atom is -0.492 e. The van der Waals surface area contributed by atoms with E-state index in [1.54, 1.807) is 18.2 Å². The van der Waals surface area contributed by atoms with Crippen LogP contribution < -0.4 is 4.74 Å². The summed E-state index contributed by atoms with van der Waals surface area (Å²) < 4.78 is 5.47. The van der Waals surface area contributed by atoms with E-state index in [9.17, 15) is 9.59 Å². The van der Waals surface area contributed by atoms with Crippen molar-refractivity contribution in [3.05, 3.63) is 28.8 Å². The highest BCUT2D eigenvalue weighted by Gasteiger charge is 2.19. The largest absolute Gasteiger partial charge is 0.492 e. The highest BCUT2D eigenvalue weighted by Crippen LogP contribution is 2.29. The number of carbonyl (C=O) groups is 2. The first kappa shape index (κ1) is 17.3. The molecule has 21 heavy (non-hydrogen) atoms. The third kappa shape index (κ3) is 5.27. The van der Waals surface area contributed by atoms with E-state index in [-0.39, 0.29) is 18.9 Å². The predicted molar refractivity (Wildman–Crippen MR) is 80.8 cm³/mol. The predicted octanol–water partition coefficient (Wildman–Crippen LogP) is 2.60. The maximum Gasteiger partial charge on any atom is 0.323 e. The second kappa shape index (κ2) is 8.52. The lowest BCUT2D eigenvalue weighted by atomic mass is 10.1. The molecule has 0 saturated carbocycles. The lowest BCUT2D eigenvalue weighted by molar-refractivity contribution is -0.144. The number of para-hydroxylation sites is 1. The minimum absolute atomic E-state index is 0.0726. The van der Waals surface area contributed by atoms with Gasteiger partial charge in [-0.1, -0.05) is 30.7 Å². The van der Waals surface area contributed by atoms with Crippen molar-refractivity contribution < 1.29 is 19.4 Å². The van der Waals surface area contributed by atoms with Gasteiger partial charge in [-0.3, -0.25) is 9.59 Å². The molecule has 0 spiro atoms. The molecule has 1 aromatic carbocycles. The molecule has 0 aliphatic rings. The summed E-state index contributed by atoms with van der Waals surface area (Å²) in [6.45, 7) is 4.29. The summed E-state index contributed by atoms with van der Waals surface area (Å²) in [5.74, 6) is -0.780. The van der Waals surface area contributed by atoms with Crippen LogP contribution in [-0.2, 0) is 16.0 Å². The van der Waals surface area contributed by atoms with Crippen molar-refractivity contribution in [3.8, 4) is 5.75 Å². The van der Waals surface area contributed by atoms with Crippen LogP contribution in [0.2, 0.25) is 5.02 Å². The van der Waals surface area contributed by atoms with Crippen LogP contribution in [0.3, 0.4) is 0 Å². The Morgan fingerprint density at radius 3 is 2.62 bits per heavy atom. The first-order chi connectivity index (χ1) is 9.99. The van der Waals surface area contributed by atoms with Crippen LogP contribution >= 0.6 is 11.6 Å². The molecule has 1 N–H and O–H groups in total. The zero-order chi connectivity index (χ0) is 15.8.